The van der Waals surface area contributed by atoms with Crippen molar-refractivity contribution in [2.75, 3.05) is 18.8 Å². The standard InChI is InChI=1S/C11H14ClNS/c12-10-3-1-2-9(6-10)7-11-8-13-4-5-14-11/h1-3,6,11,13H,4-5,7-8H2. The molecule has 1 aliphatic heterocycles. The van der Waals surface area contributed by atoms with Crippen LogP contribution in [-0.4, -0.2) is 24.1 Å². The Labute approximate surface area is 94.2 Å². The third-order valence-corrected chi connectivity index (χ3v) is 3.84. The van der Waals surface area contributed by atoms with E-state index in [0.29, 0.717) is 5.25 Å². The zero-order valence-electron chi connectivity index (χ0n) is 8.00. The van der Waals surface area contributed by atoms with Crippen molar-refractivity contribution < 1.29 is 0 Å². The molecule has 0 radical (unpaired) electrons. The second kappa shape index (κ2) is 5.06. The summed E-state index contributed by atoms with van der Waals surface area (Å²) in [6.07, 6.45) is 1.12. The highest BCUT2D eigenvalue weighted by Crippen LogP contribution is 2.20. The van der Waals surface area contributed by atoms with Gasteiger partial charge in [0, 0.05) is 29.1 Å². The van der Waals surface area contributed by atoms with Crippen LogP contribution in [0.2, 0.25) is 5.02 Å². The van der Waals surface area contributed by atoms with Gasteiger partial charge in [-0.05, 0) is 24.1 Å². The van der Waals surface area contributed by atoms with E-state index in [-0.39, 0.29) is 0 Å². The lowest BCUT2D eigenvalue weighted by Gasteiger charge is -2.22. The summed E-state index contributed by atoms with van der Waals surface area (Å²) in [5.41, 5.74) is 1.35. The monoisotopic (exact) mass is 227 g/mol. The van der Waals surface area contributed by atoms with Crippen molar-refractivity contribution in [1.29, 1.82) is 0 Å². The summed E-state index contributed by atoms with van der Waals surface area (Å²) in [7, 11) is 0. The second-order valence-corrected chi connectivity index (χ2v) is 5.38. The number of halogens is 1. The van der Waals surface area contributed by atoms with Crippen molar-refractivity contribution in [1.82, 2.24) is 5.32 Å². The van der Waals surface area contributed by atoms with Crippen LogP contribution in [-0.2, 0) is 6.42 Å². The smallest absolute Gasteiger partial charge is 0.0408 e. The minimum Gasteiger partial charge on any atom is -0.315 e. The highest BCUT2D eigenvalue weighted by Gasteiger charge is 2.13. The number of benzene rings is 1. The van der Waals surface area contributed by atoms with E-state index in [0.717, 1.165) is 24.5 Å². The minimum atomic E-state index is 0.710. The first-order chi connectivity index (χ1) is 6.84. The van der Waals surface area contributed by atoms with E-state index in [1.54, 1.807) is 0 Å². The summed E-state index contributed by atoms with van der Waals surface area (Å²) in [5.74, 6) is 1.23. The van der Waals surface area contributed by atoms with E-state index in [4.69, 9.17) is 11.6 Å². The van der Waals surface area contributed by atoms with Gasteiger partial charge in [0.05, 0.1) is 0 Å². The third-order valence-electron chi connectivity index (χ3n) is 2.36. The van der Waals surface area contributed by atoms with Gasteiger partial charge >= 0.3 is 0 Å². The van der Waals surface area contributed by atoms with Gasteiger partial charge in [-0.2, -0.15) is 11.8 Å². The predicted molar refractivity (Wildman–Crippen MR) is 64.3 cm³/mol. The molecule has 0 spiro atoms. The number of rotatable bonds is 2. The summed E-state index contributed by atoms with van der Waals surface area (Å²) >= 11 is 8.00. The fourth-order valence-electron chi connectivity index (χ4n) is 1.68. The Bertz CT molecular complexity index is 297. The maximum Gasteiger partial charge on any atom is 0.0408 e. The molecule has 0 aliphatic carbocycles. The molecule has 2 rings (SSSR count). The normalized spacial score (nSPS) is 22.2. The van der Waals surface area contributed by atoms with Gasteiger partial charge in [0.1, 0.15) is 0 Å². The summed E-state index contributed by atoms with van der Waals surface area (Å²) in [4.78, 5) is 0. The Hall–Kier alpha value is -0.180. The molecule has 1 aliphatic rings. The fraction of sp³-hybridized carbons (Fsp3) is 0.455. The van der Waals surface area contributed by atoms with Gasteiger partial charge < -0.3 is 5.32 Å². The van der Waals surface area contributed by atoms with Crippen LogP contribution in [0.25, 0.3) is 0 Å². The highest BCUT2D eigenvalue weighted by molar-refractivity contribution is 8.00. The maximum atomic E-state index is 5.94. The summed E-state index contributed by atoms with van der Waals surface area (Å²) in [5, 5.41) is 4.97. The van der Waals surface area contributed by atoms with Gasteiger partial charge in [-0.1, -0.05) is 23.7 Å². The molecule has 3 heteroatoms. The first-order valence-corrected chi connectivity index (χ1v) is 6.34. The molecule has 1 unspecified atom stereocenters. The lowest BCUT2D eigenvalue weighted by Crippen LogP contribution is -2.33. The van der Waals surface area contributed by atoms with E-state index in [9.17, 15) is 0 Å². The summed E-state index contributed by atoms with van der Waals surface area (Å²) in [6.45, 7) is 2.27. The van der Waals surface area contributed by atoms with Gasteiger partial charge in [0.2, 0.25) is 0 Å². The Kier molecular flexibility index (Phi) is 3.74. The topological polar surface area (TPSA) is 12.0 Å². The Balaban J connectivity index is 1.95. The van der Waals surface area contributed by atoms with Crippen LogP contribution in [0.4, 0.5) is 0 Å². The molecule has 1 atom stereocenters. The van der Waals surface area contributed by atoms with Crippen LogP contribution in [0.5, 0.6) is 0 Å². The molecule has 1 heterocycles. The predicted octanol–water partition coefficient (Wildman–Crippen LogP) is 2.59. The quantitative estimate of drug-likeness (QED) is 0.834. The van der Waals surface area contributed by atoms with Crippen molar-refractivity contribution in [2.45, 2.75) is 11.7 Å². The molecule has 76 valence electrons. The number of hydrogen-bond acceptors (Lipinski definition) is 2. The third kappa shape index (κ3) is 2.91. The molecule has 1 aromatic carbocycles. The van der Waals surface area contributed by atoms with Crippen LogP contribution in [0.1, 0.15) is 5.56 Å². The maximum absolute atomic E-state index is 5.94. The van der Waals surface area contributed by atoms with Crippen molar-refractivity contribution >= 4 is 23.4 Å². The molecule has 0 aromatic heterocycles. The SMILES string of the molecule is Clc1cccc(CC2CNCCS2)c1. The Morgan fingerprint density at radius 3 is 3.14 bits per heavy atom. The molecule has 1 saturated heterocycles. The average molecular weight is 228 g/mol. The minimum absolute atomic E-state index is 0.710. The molecule has 0 amide bonds. The van der Waals surface area contributed by atoms with Crippen molar-refractivity contribution in [3.63, 3.8) is 0 Å². The van der Waals surface area contributed by atoms with Gasteiger partial charge in [0.15, 0.2) is 0 Å². The summed E-state index contributed by atoms with van der Waals surface area (Å²) in [6, 6.07) is 8.17. The van der Waals surface area contributed by atoms with Crippen molar-refractivity contribution in [2.24, 2.45) is 0 Å². The molecular weight excluding hydrogens is 214 g/mol. The van der Waals surface area contributed by atoms with Crippen LogP contribution in [0, 0.1) is 0 Å². The molecule has 1 N–H and O–H groups in total. The van der Waals surface area contributed by atoms with Crippen LogP contribution in [0.3, 0.4) is 0 Å². The zero-order valence-corrected chi connectivity index (χ0v) is 9.57. The molecule has 14 heavy (non-hydrogen) atoms. The zero-order chi connectivity index (χ0) is 9.80. The molecule has 1 aromatic rings. The molecular formula is C11H14ClNS. The van der Waals surface area contributed by atoms with E-state index in [1.807, 2.05) is 12.1 Å². The van der Waals surface area contributed by atoms with Crippen LogP contribution >= 0.6 is 23.4 Å². The second-order valence-electron chi connectivity index (χ2n) is 3.53. The largest absolute Gasteiger partial charge is 0.315 e. The van der Waals surface area contributed by atoms with Crippen LogP contribution < -0.4 is 5.32 Å². The van der Waals surface area contributed by atoms with Crippen molar-refractivity contribution in [3.8, 4) is 0 Å². The molecule has 1 nitrogen and oxygen atoms in total. The van der Waals surface area contributed by atoms with Crippen molar-refractivity contribution in [3.05, 3.63) is 34.9 Å². The Morgan fingerprint density at radius 2 is 2.43 bits per heavy atom. The first kappa shape index (κ1) is 10.3. The van der Waals surface area contributed by atoms with E-state index < -0.39 is 0 Å². The van der Waals surface area contributed by atoms with E-state index >= 15 is 0 Å². The molecule has 1 fully saturated rings. The molecule has 0 saturated carbocycles. The van der Waals surface area contributed by atoms with Gasteiger partial charge in [-0.25, -0.2) is 0 Å². The lowest BCUT2D eigenvalue weighted by molar-refractivity contribution is 0.666. The van der Waals surface area contributed by atoms with E-state index in [1.165, 1.54) is 11.3 Å². The Morgan fingerprint density at radius 1 is 1.50 bits per heavy atom. The lowest BCUT2D eigenvalue weighted by atomic mass is 10.1. The average Bonchev–Trinajstić information content (AvgIpc) is 2.19. The number of nitrogens with one attached hydrogen (secondary N) is 1. The van der Waals surface area contributed by atoms with Gasteiger partial charge in [0.25, 0.3) is 0 Å². The van der Waals surface area contributed by atoms with Gasteiger partial charge in [-0.15, -0.1) is 0 Å². The van der Waals surface area contributed by atoms with E-state index in [2.05, 4.69) is 29.2 Å². The van der Waals surface area contributed by atoms with Crippen LogP contribution in [0.15, 0.2) is 24.3 Å². The first-order valence-electron chi connectivity index (χ1n) is 4.91. The van der Waals surface area contributed by atoms with Gasteiger partial charge in [-0.3, -0.25) is 0 Å². The number of hydrogen-bond donors (Lipinski definition) is 1. The number of thioether (sulfide) groups is 1. The summed E-state index contributed by atoms with van der Waals surface area (Å²) < 4.78 is 0. The molecule has 0 bridgehead atoms. The highest BCUT2D eigenvalue weighted by atomic mass is 35.5. The fourth-order valence-corrected chi connectivity index (χ4v) is 3.03.